The Balaban J connectivity index is 1.41. The first-order chi connectivity index (χ1) is 11.1. The molecular weight excluding hydrogens is 308 g/mol. The van der Waals surface area contributed by atoms with Gasteiger partial charge in [-0.2, -0.15) is 0 Å². The van der Waals surface area contributed by atoms with E-state index < -0.39 is 5.97 Å². The van der Waals surface area contributed by atoms with E-state index in [0.29, 0.717) is 12.1 Å². The first kappa shape index (κ1) is 16.8. The second-order valence-electron chi connectivity index (χ2n) is 6.82. The van der Waals surface area contributed by atoms with Gasteiger partial charge >= 0.3 is 5.97 Å². The number of rotatable bonds is 9. The molecule has 3 rings (SSSR count). The van der Waals surface area contributed by atoms with Gasteiger partial charge in [-0.3, -0.25) is 9.69 Å². The molecule has 0 amide bonds. The van der Waals surface area contributed by atoms with E-state index in [1.807, 2.05) is 0 Å². The predicted molar refractivity (Wildman–Crippen MR) is 93.8 cm³/mol. The van der Waals surface area contributed by atoms with Gasteiger partial charge in [-0.05, 0) is 55.6 Å². The van der Waals surface area contributed by atoms with Crippen molar-refractivity contribution in [3.63, 3.8) is 0 Å². The minimum absolute atomic E-state index is 0.198. The molecule has 1 aromatic carbocycles. The minimum atomic E-state index is -0.698. The number of carbonyl (C=O) groups is 1. The van der Waals surface area contributed by atoms with Gasteiger partial charge in [0.1, 0.15) is 0 Å². The number of nitrogens with one attached hydrogen (secondary N) is 1. The molecule has 2 aliphatic rings. The van der Waals surface area contributed by atoms with E-state index in [4.69, 9.17) is 5.11 Å². The maximum Gasteiger partial charge on any atom is 0.317 e. The van der Waals surface area contributed by atoms with Crippen LogP contribution < -0.4 is 5.32 Å². The number of hydrogen-bond acceptors (Lipinski definition) is 4. The standard InChI is InChI=1S/C18H26N2O2S/c1-23-17-6-4-13(5-7-17)10-19-15-8-16(9-15)20(12-18(21)22)11-14-2-3-14/h4-7,14-16,19H,2-3,8-12H2,1H3,(H,21,22). The van der Waals surface area contributed by atoms with Crippen molar-refractivity contribution in [2.24, 2.45) is 5.92 Å². The Morgan fingerprint density at radius 3 is 2.57 bits per heavy atom. The molecule has 0 atom stereocenters. The molecule has 2 N–H and O–H groups in total. The molecule has 0 saturated heterocycles. The second-order valence-corrected chi connectivity index (χ2v) is 7.70. The number of thioether (sulfide) groups is 1. The van der Waals surface area contributed by atoms with Crippen LogP contribution in [-0.2, 0) is 11.3 Å². The summed E-state index contributed by atoms with van der Waals surface area (Å²) < 4.78 is 0. The largest absolute Gasteiger partial charge is 0.480 e. The van der Waals surface area contributed by atoms with E-state index in [2.05, 4.69) is 40.7 Å². The van der Waals surface area contributed by atoms with Crippen LogP contribution in [0.1, 0.15) is 31.2 Å². The highest BCUT2D eigenvalue weighted by atomic mass is 32.2. The van der Waals surface area contributed by atoms with Crippen LogP contribution in [0.3, 0.4) is 0 Å². The molecule has 2 saturated carbocycles. The van der Waals surface area contributed by atoms with Crippen LogP contribution in [-0.4, -0.2) is 47.4 Å². The summed E-state index contributed by atoms with van der Waals surface area (Å²) in [5.74, 6) is 0.0484. The van der Waals surface area contributed by atoms with Crippen LogP contribution in [0.5, 0.6) is 0 Å². The Bertz CT molecular complexity index is 524. The van der Waals surface area contributed by atoms with Gasteiger partial charge in [-0.25, -0.2) is 0 Å². The van der Waals surface area contributed by atoms with E-state index in [0.717, 1.165) is 31.8 Å². The van der Waals surface area contributed by atoms with Crippen molar-refractivity contribution in [3.8, 4) is 0 Å². The van der Waals surface area contributed by atoms with Gasteiger partial charge in [0.25, 0.3) is 0 Å². The summed E-state index contributed by atoms with van der Waals surface area (Å²) in [6.45, 7) is 2.07. The molecule has 1 aromatic rings. The quantitative estimate of drug-likeness (QED) is 0.680. The first-order valence-corrected chi connectivity index (χ1v) is 9.68. The molecule has 0 aliphatic heterocycles. The molecule has 0 spiro atoms. The number of hydrogen-bond donors (Lipinski definition) is 2. The fourth-order valence-electron chi connectivity index (χ4n) is 3.21. The van der Waals surface area contributed by atoms with Gasteiger partial charge in [-0.1, -0.05) is 12.1 Å². The molecule has 2 aliphatic carbocycles. The molecule has 2 fully saturated rings. The Morgan fingerprint density at radius 1 is 1.30 bits per heavy atom. The molecule has 0 unspecified atom stereocenters. The molecule has 0 radical (unpaired) electrons. The van der Waals surface area contributed by atoms with E-state index in [-0.39, 0.29) is 6.54 Å². The Morgan fingerprint density at radius 2 is 2.00 bits per heavy atom. The number of carboxylic acid groups (broad SMARTS) is 1. The van der Waals surface area contributed by atoms with Crippen LogP contribution in [0.4, 0.5) is 0 Å². The molecule has 126 valence electrons. The highest BCUT2D eigenvalue weighted by Crippen LogP contribution is 2.33. The fraction of sp³-hybridized carbons (Fsp3) is 0.611. The zero-order valence-corrected chi connectivity index (χ0v) is 14.5. The van der Waals surface area contributed by atoms with Crippen LogP contribution in [0.25, 0.3) is 0 Å². The van der Waals surface area contributed by atoms with E-state index >= 15 is 0 Å². The van der Waals surface area contributed by atoms with Gasteiger partial charge in [0.15, 0.2) is 0 Å². The average Bonchev–Trinajstić information content (AvgIpc) is 3.29. The van der Waals surface area contributed by atoms with Crippen LogP contribution in [0.2, 0.25) is 0 Å². The average molecular weight is 334 g/mol. The Kier molecular flexibility index (Phi) is 5.62. The van der Waals surface area contributed by atoms with Crippen molar-refractivity contribution < 1.29 is 9.90 Å². The number of aliphatic carboxylic acids is 1. The lowest BCUT2D eigenvalue weighted by atomic mass is 9.85. The molecule has 23 heavy (non-hydrogen) atoms. The smallest absolute Gasteiger partial charge is 0.317 e. The van der Waals surface area contributed by atoms with E-state index in [9.17, 15) is 4.79 Å². The third-order valence-electron chi connectivity index (χ3n) is 4.91. The lowest BCUT2D eigenvalue weighted by Gasteiger charge is -2.43. The van der Waals surface area contributed by atoms with Gasteiger partial charge in [0.2, 0.25) is 0 Å². The fourth-order valence-corrected chi connectivity index (χ4v) is 3.61. The Hall–Kier alpha value is -1.04. The molecule has 5 heteroatoms. The summed E-state index contributed by atoms with van der Waals surface area (Å²) in [4.78, 5) is 14.5. The van der Waals surface area contributed by atoms with E-state index in [1.165, 1.54) is 23.3 Å². The lowest BCUT2D eigenvalue weighted by molar-refractivity contribution is -0.139. The highest BCUT2D eigenvalue weighted by molar-refractivity contribution is 7.98. The van der Waals surface area contributed by atoms with Crippen molar-refractivity contribution >= 4 is 17.7 Å². The monoisotopic (exact) mass is 334 g/mol. The molecular formula is C18H26N2O2S. The Labute approximate surface area is 142 Å². The lowest BCUT2D eigenvalue weighted by Crippen LogP contribution is -2.54. The minimum Gasteiger partial charge on any atom is -0.480 e. The maximum absolute atomic E-state index is 11.0. The first-order valence-electron chi connectivity index (χ1n) is 8.46. The zero-order chi connectivity index (χ0) is 16.2. The van der Waals surface area contributed by atoms with Crippen LogP contribution in [0, 0.1) is 5.92 Å². The highest BCUT2D eigenvalue weighted by Gasteiger charge is 2.36. The molecule has 0 heterocycles. The summed E-state index contributed by atoms with van der Waals surface area (Å²) in [6.07, 6.45) is 6.78. The predicted octanol–water partition coefficient (Wildman–Crippen LogP) is 2.83. The van der Waals surface area contributed by atoms with Crippen molar-refractivity contribution in [2.45, 2.75) is 49.2 Å². The van der Waals surface area contributed by atoms with Gasteiger partial charge in [0.05, 0.1) is 6.54 Å². The maximum atomic E-state index is 11.0. The molecule has 0 bridgehead atoms. The summed E-state index contributed by atoms with van der Waals surface area (Å²) in [5.41, 5.74) is 1.31. The van der Waals surface area contributed by atoms with Crippen LogP contribution >= 0.6 is 11.8 Å². The third-order valence-corrected chi connectivity index (χ3v) is 5.66. The summed E-state index contributed by atoms with van der Waals surface area (Å²) >= 11 is 1.76. The number of benzene rings is 1. The van der Waals surface area contributed by atoms with Crippen molar-refractivity contribution in [1.29, 1.82) is 0 Å². The number of nitrogens with zero attached hydrogens (tertiary/aromatic N) is 1. The van der Waals surface area contributed by atoms with Crippen LogP contribution in [0.15, 0.2) is 29.2 Å². The topological polar surface area (TPSA) is 52.6 Å². The van der Waals surface area contributed by atoms with Gasteiger partial charge in [0, 0.05) is 30.1 Å². The normalized spacial score (nSPS) is 23.7. The molecule has 4 nitrogen and oxygen atoms in total. The van der Waals surface area contributed by atoms with Crippen molar-refractivity contribution in [1.82, 2.24) is 10.2 Å². The summed E-state index contributed by atoms with van der Waals surface area (Å²) in [5, 5.41) is 12.7. The SMILES string of the molecule is CSc1ccc(CNC2CC(N(CC(=O)O)CC3CC3)C2)cc1. The number of carboxylic acids is 1. The summed E-state index contributed by atoms with van der Waals surface area (Å²) in [6, 6.07) is 9.65. The van der Waals surface area contributed by atoms with E-state index in [1.54, 1.807) is 11.8 Å². The molecule has 0 aromatic heterocycles. The van der Waals surface area contributed by atoms with Gasteiger partial charge in [-0.15, -0.1) is 11.8 Å². The second kappa shape index (κ2) is 7.69. The van der Waals surface area contributed by atoms with Crippen molar-refractivity contribution in [2.75, 3.05) is 19.3 Å². The van der Waals surface area contributed by atoms with Crippen molar-refractivity contribution in [3.05, 3.63) is 29.8 Å². The zero-order valence-electron chi connectivity index (χ0n) is 13.7. The van der Waals surface area contributed by atoms with Gasteiger partial charge < -0.3 is 10.4 Å². The third kappa shape index (κ3) is 4.96. The summed E-state index contributed by atoms with van der Waals surface area (Å²) in [7, 11) is 0.